The Morgan fingerprint density at radius 3 is 2.59 bits per heavy atom. The van der Waals surface area contributed by atoms with Gasteiger partial charge in [0.1, 0.15) is 17.2 Å². The molecule has 1 aliphatic carbocycles. The van der Waals surface area contributed by atoms with Gasteiger partial charge >= 0.3 is 0 Å². The zero-order valence-corrected chi connectivity index (χ0v) is 14.7. The highest BCUT2D eigenvalue weighted by Gasteiger charge is 2.43. The van der Waals surface area contributed by atoms with Crippen molar-refractivity contribution in [3.63, 3.8) is 0 Å². The van der Waals surface area contributed by atoms with E-state index in [9.17, 15) is 14.4 Å². The number of rotatable bonds is 3. The van der Waals surface area contributed by atoms with E-state index in [1.54, 1.807) is 36.0 Å². The maximum atomic E-state index is 12.9. The van der Waals surface area contributed by atoms with E-state index in [1.165, 1.54) is 0 Å². The Morgan fingerprint density at radius 1 is 1.15 bits per heavy atom. The second kappa shape index (κ2) is 5.60. The van der Waals surface area contributed by atoms with Gasteiger partial charge in [0.15, 0.2) is 0 Å². The standard InChI is InChI=1S/C19H17N5O3/c1-10-14(23-8-9-23)17(26)13-15(16(10)25)24-7-4-12(18(24)22-13)21-19(27)11-2-5-20-6-3-11/h2-3,5-6,12H,4,7-9H2,1H3,(H,21,27)/t12-/m1/s1. The highest BCUT2D eigenvalue weighted by Crippen LogP contribution is 2.36. The number of nitrogens with zero attached hydrogens (tertiary/aromatic N) is 4. The third kappa shape index (κ3) is 2.33. The number of hydrogen-bond acceptors (Lipinski definition) is 6. The third-order valence-corrected chi connectivity index (χ3v) is 5.30. The molecule has 2 aromatic rings. The lowest BCUT2D eigenvalue weighted by Gasteiger charge is -2.17. The monoisotopic (exact) mass is 363 g/mol. The fourth-order valence-corrected chi connectivity index (χ4v) is 3.84. The van der Waals surface area contributed by atoms with Gasteiger partial charge in [-0.05, 0) is 25.5 Å². The average Bonchev–Trinajstić information content (AvgIpc) is 3.32. The fourth-order valence-electron chi connectivity index (χ4n) is 3.84. The minimum Gasteiger partial charge on any atom is -0.364 e. The molecule has 4 heterocycles. The van der Waals surface area contributed by atoms with Gasteiger partial charge in [-0.2, -0.15) is 0 Å². The van der Waals surface area contributed by atoms with E-state index in [1.807, 2.05) is 4.90 Å². The molecule has 136 valence electrons. The van der Waals surface area contributed by atoms with Crippen molar-refractivity contribution >= 4 is 17.5 Å². The molecular formula is C19H17N5O3. The van der Waals surface area contributed by atoms with E-state index in [4.69, 9.17) is 0 Å². The molecule has 8 heteroatoms. The van der Waals surface area contributed by atoms with Gasteiger partial charge in [0.05, 0.1) is 11.7 Å². The summed E-state index contributed by atoms with van der Waals surface area (Å²) in [6.45, 7) is 3.83. The minimum atomic E-state index is -0.332. The summed E-state index contributed by atoms with van der Waals surface area (Å²) in [7, 11) is 0. The van der Waals surface area contributed by atoms with E-state index in [-0.39, 0.29) is 29.2 Å². The highest BCUT2D eigenvalue weighted by molar-refractivity contribution is 6.25. The lowest BCUT2D eigenvalue weighted by molar-refractivity contribution is 0.0935. The predicted molar refractivity (Wildman–Crippen MR) is 94.2 cm³/mol. The summed E-state index contributed by atoms with van der Waals surface area (Å²) in [4.78, 5) is 48.5. The Bertz CT molecular complexity index is 1030. The first-order valence-electron chi connectivity index (χ1n) is 8.93. The van der Waals surface area contributed by atoms with Gasteiger partial charge in [-0.3, -0.25) is 19.4 Å². The molecule has 1 amide bonds. The topological polar surface area (TPSA) is 97.0 Å². The molecule has 27 heavy (non-hydrogen) atoms. The van der Waals surface area contributed by atoms with Crippen molar-refractivity contribution in [3.8, 4) is 0 Å². The number of fused-ring (bicyclic) bond motifs is 3. The van der Waals surface area contributed by atoms with E-state index in [0.29, 0.717) is 41.3 Å². The summed E-state index contributed by atoms with van der Waals surface area (Å²) in [6, 6.07) is 2.94. The third-order valence-electron chi connectivity index (χ3n) is 5.30. The number of nitrogens with one attached hydrogen (secondary N) is 1. The first-order valence-corrected chi connectivity index (χ1v) is 8.93. The first kappa shape index (κ1) is 15.9. The van der Waals surface area contributed by atoms with Gasteiger partial charge in [-0.25, -0.2) is 4.98 Å². The van der Waals surface area contributed by atoms with Crippen LogP contribution in [0, 0.1) is 0 Å². The number of Topliss-reactive ketones (excluding diaryl/α,β-unsaturated/α-hetero) is 2. The molecule has 0 radical (unpaired) electrons. The molecule has 3 aliphatic rings. The van der Waals surface area contributed by atoms with Crippen molar-refractivity contribution in [1.29, 1.82) is 0 Å². The molecule has 1 atom stereocenters. The largest absolute Gasteiger partial charge is 0.364 e. The Kier molecular flexibility index (Phi) is 3.30. The number of carbonyl (C=O) groups excluding carboxylic acids is 3. The van der Waals surface area contributed by atoms with Gasteiger partial charge in [-0.1, -0.05) is 0 Å². The molecule has 8 nitrogen and oxygen atoms in total. The Labute approximate surface area is 154 Å². The molecule has 1 N–H and O–H groups in total. The molecule has 0 aromatic carbocycles. The van der Waals surface area contributed by atoms with E-state index in [0.717, 1.165) is 13.1 Å². The van der Waals surface area contributed by atoms with Gasteiger partial charge in [0.2, 0.25) is 11.6 Å². The van der Waals surface area contributed by atoms with Crippen LogP contribution in [0.5, 0.6) is 0 Å². The molecule has 0 unspecified atom stereocenters. The van der Waals surface area contributed by atoms with Crippen LogP contribution < -0.4 is 5.32 Å². The van der Waals surface area contributed by atoms with Crippen LogP contribution in [0.25, 0.3) is 0 Å². The van der Waals surface area contributed by atoms with Gasteiger partial charge in [-0.15, -0.1) is 0 Å². The number of carbonyl (C=O) groups is 3. The Morgan fingerprint density at radius 2 is 1.89 bits per heavy atom. The van der Waals surface area contributed by atoms with Crippen molar-refractivity contribution in [1.82, 2.24) is 24.8 Å². The van der Waals surface area contributed by atoms with Crippen molar-refractivity contribution in [2.24, 2.45) is 0 Å². The molecule has 2 aliphatic heterocycles. The van der Waals surface area contributed by atoms with Crippen molar-refractivity contribution in [2.75, 3.05) is 13.1 Å². The lowest BCUT2D eigenvalue weighted by Crippen LogP contribution is -2.28. The molecule has 1 fully saturated rings. The second-order valence-electron chi connectivity index (χ2n) is 6.99. The number of aromatic nitrogens is 3. The number of allylic oxidation sites excluding steroid dienone is 2. The van der Waals surface area contributed by atoms with Gasteiger partial charge < -0.3 is 14.8 Å². The molecule has 2 aromatic heterocycles. The Balaban J connectivity index is 1.48. The zero-order valence-electron chi connectivity index (χ0n) is 14.7. The Hall–Kier alpha value is -3.29. The van der Waals surface area contributed by atoms with E-state index in [2.05, 4.69) is 15.3 Å². The molecular weight excluding hydrogens is 346 g/mol. The fraction of sp³-hybridized carbons (Fsp3) is 0.316. The smallest absolute Gasteiger partial charge is 0.251 e. The van der Waals surface area contributed by atoms with Crippen molar-refractivity contribution in [3.05, 3.63) is 58.6 Å². The van der Waals surface area contributed by atoms with Crippen LogP contribution in [0.1, 0.15) is 56.5 Å². The van der Waals surface area contributed by atoms with E-state index < -0.39 is 0 Å². The summed E-state index contributed by atoms with van der Waals surface area (Å²) in [6.07, 6.45) is 3.75. The van der Waals surface area contributed by atoms with Gasteiger partial charge in [0.25, 0.3) is 5.91 Å². The quantitative estimate of drug-likeness (QED) is 0.821. The molecule has 5 rings (SSSR count). The highest BCUT2D eigenvalue weighted by atomic mass is 16.2. The number of ketones is 2. The summed E-state index contributed by atoms with van der Waals surface area (Å²) in [5.41, 5.74) is 2.04. The van der Waals surface area contributed by atoms with Crippen LogP contribution in [0.2, 0.25) is 0 Å². The van der Waals surface area contributed by atoms with Crippen LogP contribution in [-0.4, -0.2) is 50.0 Å². The normalized spacial score (nSPS) is 20.6. The maximum absolute atomic E-state index is 12.9. The van der Waals surface area contributed by atoms with Crippen LogP contribution in [-0.2, 0) is 6.54 Å². The van der Waals surface area contributed by atoms with E-state index >= 15 is 0 Å². The van der Waals surface area contributed by atoms with Crippen LogP contribution in [0.15, 0.2) is 35.8 Å². The summed E-state index contributed by atoms with van der Waals surface area (Å²) in [5.74, 6) is 0.00425. The summed E-state index contributed by atoms with van der Waals surface area (Å²) < 4.78 is 1.79. The SMILES string of the molecule is CC1=C(N2CC2)C(=O)c2nc3n(c2C1=O)CC[C@H]3NC(=O)c1ccncc1. The number of pyridine rings is 1. The lowest BCUT2D eigenvalue weighted by atomic mass is 9.95. The molecule has 0 spiro atoms. The summed E-state index contributed by atoms with van der Waals surface area (Å²) in [5, 5.41) is 2.95. The second-order valence-corrected chi connectivity index (χ2v) is 6.99. The minimum absolute atomic E-state index is 0.147. The number of hydrogen-bond donors (Lipinski definition) is 1. The zero-order chi connectivity index (χ0) is 18.7. The van der Waals surface area contributed by atoms with Crippen LogP contribution in [0.3, 0.4) is 0 Å². The average molecular weight is 363 g/mol. The molecule has 0 saturated carbocycles. The van der Waals surface area contributed by atoms with Gasteiger partial charge in [0, 0.05) is 43.2 Å². The molecule has 1 saturated heterocycles. The first-order chi connectivity index (χ1) is 13.1. The maximum Gasteiger partial charge on any atom is 0.251 e. The molecule has 0 bridgehead atoms. The van der Waals surface area contributed by atoms with Crippen molar-refractivity contribution < 1.29 is 14.4 Å². The number of amides is 1. The number of imidazole rings is 1. The van der Waals surface area contributed by atoms with Crippen LogP contribution >= 0.6 is 0 Å². The van der Waals surface area contributed by atoms with Crippen LogP contribution in [0.4, 0.5) is 0 Å². The predicted octanol–water partition coefficient (Wildman–Crippen LogP) is 1.12. The summed E-state index contributed by atoms with van der Waals surface area (Å²) >= 11 is 0. The van der Waals surface area contributed by atoms with Crippen molar-refractivity contribution in [2.45, 2.75) is 25.9 Å².